The van der Waals surface area contributed by atoms with Gasteiger partial charge in [-0.15, -0.1) is 0 Å². The number of rotatable bonds is 7. The van der Waals surface area contributed by atoms with E-state index in [1.807, 2.05) is 18.7 Å². The van der Waals surface area contributed by atoms with Crippen molar-refractivity contribution in [3.05, 3.63) is 11.8 Å². The predicted molar refractivity (Wildman–Crippen MR) is 76.5 cm³/mol. The molecule has 0 aliphatic heterocycles. The van der Waals surface area contributed by atoms with Gasteiger partial charge < -0.3 is 10.2 Å². The van der Waals surface area contributed by atoms with Crippen LogP contribution in [0.3, 0.4) is 0 Å². The minimum atomic E-state index is -4.46. The van der Waals surface area contributed by atoms with Crippen LogP contribution in [-0.4, -0.2) is 29.1 Å². The molecule has 0 atom stereocenters. The summed E-state index contributed by atoms with van der Waals surface area (Å²) < 4.78 is 39.0. The van der Waals surface area contributed by atoms with Gasteiger partial charge in [-0.25, -0.2) is 4.98 Å². The van der Waals surface area contributed by atoms with Crippen molar-refractivity contribution < 1.29 is 13.2 Å². The van der Waals surface area contributed by atoms with E-state index in [2.05, 4.69) is 15.3 Å². The van der Waals surface area contributed by atoms with Crippen LogP contribution in [0.5, 0.6) is 0 Å². The molecule has 1 heterocycles. The van der Waals surface area contributed by atoms with Gasteiger partial charge in [-0.3, -0.25) is 0 Å². The molecule has 2 rings (SSSR count). The molecule has 4 nitrogen and oxygen atoms in total. The second kappa shape index (κ2) is 6.49. The summed E-state index contributed by atoms with van der Waals surface area (Å²) in [5, 5.41) is 2.85. The van der Waals surface area contributed by atoms with Crippen LogP contribution in [0.1, 0.15) is 45.2 Å². The Morgan fingerprint density at radius 2 is 1.95 bits per heavy atom. The lowest BCUT2D eigenvalue weighted by atomic mass is 10.3. The van der Waals surface area contributed by atoms with Crippen LogP contribution in [-0.2, 0) is 6.18 Å². The summed E-state index contributed by atoms with van der Waals surface area (Å²) in [7, 11) is 0. The van der Waals surface area contributed by atoms with Crippen LogP contribution in [0, 0.1) is 0 Å². The lowest BCUT2D eigenvalue weighted by molar-refractivity contribution is -0.141. The van der Waals surface area contributed by atoms with Gasteiger partial charge >= 0.3 is 6.18 Å². The van der Waals surface area contributed by atoms with E-state index in [-0.39, 0.29) is 5.95 Å². The molecule has 1 saturated carbocycles. The van der Waals surface area contributed by atoms with E-state index in [1.54, 1.807) is 0 Å². The van der Waals surface area contributed by atoms with Crippen LogP contribution in [0.25, 0.3) is 0 Å². The SMILES string of the molecule is CCCNc1nc(N(CCC)C2CC2)cc(C(F)(F)F)n1. The van der Waals surface area contributed by atoms with Crippen molar-refractivity contribution in [1.29, 1.82) is 0 Å². The number of aromatic nitrogens is 2. The van der Waals surface area contributed by atoms with Crippen molar-refractivity contribution in [1.82, 2.24) is 9.97 Å². The van der Waals surface area contributed by atoms with Gasteiger partial charge in [0.1, 0.15) is 5.82 Å². The fraction of sp³-hybridized carbons (Fsp3) is 0.714. The van der Waals surface area contributed by atoms with Crippen LogP contribution in [0.2, 0.25) is 0 Å². The molecule has 21 heavy (non-hydrogen) atoms. The Bertz CT molecular complexity index is 472. The number of nitrogens with one attached hydrogen (secondary N) is 1. The average molecular weight is 302 g/mol. The zero-order valence-electron chi connectivity index (χ0n) is 12.4. The quantitative estimate of drug-likeness (QED) is 0.834. The average Bonchev–Trinajstić information content (AvgIpc) is 3.25. The summed E-state index contributed by atoms with van der Waals surface area (Å²) in [6.45, 7) is 5.22. The molecule has 1 N–H and O–H groups in total. The number of anilines is 2. The monoisotopic (exact) mass is 302 g/mol. The van der Waals surface area contributed by atoms with Crippen LogP contribution < -0.4 is 10.2 Å². The first-order valence-corrected chi connectivity index (χ1v) is 7.42. The minimum Gasteiger partial charge on any atom is -0.354 e. The first-order chi connectivity index (χ1) is 9.95. The second-order valence-electron chi connectivity index (χ2n) is 5.28. The number of hydrogen-bond donors (Lipinski definition) is 1. The van der Waals surface area contributed by atoms with E-state index in [0.29, 0.717) is 24.9 Å². The van der Waals surface area contributed by atoms with E-state index in [0.717, 1.165) is 31.7 Å². The maximum absolute atomic E-state index is 13.0. The zero-order valence-corrected chi connectivity index (χ0v) is 12.4. The highest BCUT2D eigenvalue weighted by Gasteiger charge is 2.36. The molecule has 0 aromatic carbocycles. The number of alkyl halides is 3. The molecule has 0 amide bonds. The molecule has 1 aliphatic carbocycles. The van der Waals surface area contributed by atoms with E-state index in [9.17, 15) is 13.2 Å². The van der Waals surface area contributed by atoms with Gasteiger partial charge in [0.05, 0.1) is 0 Å². The normalized spacial score (nSPS) is 15.1. The molecule has 118 valence electrons. The lowest BCUT2D eigenvalue weighted by Gasteiger charge is -2.24. The van der Waals surface area contributed by atoms with Gasteiger partial charge in [0.25, 0.3) is 0 Å². The van der Waals surface area contributed by atoms with Gasteiger partial charge in [0, 0.05) is 25.2 Å². The van der Waals surface area contributed by atoms with Crippen molar-refractivity contribution in [2.24, 2.45) is 0 Å². The summed E-state index contributed by atoms with van der Waals surface area (Å²) in [5.41, 5.74) is -0.882. The highest BCUT2D eigenvalue weighted by atomic mass is 19.4. The minimum absolute atomic E-state index is 0.0587. The Hall–Kier alpha value is -1.53. The number of halogens is 3. The third-order valence-electron chi connectivity index (χ3n) is 3.28. The third-order valence-corrected chi connectivity index (χ3v) is 3.28. The van der Waals surface area contributed by atoms with E-state index in [1.165, 1.54) is 0 Å². The summed E-state index contributed by atoms with van der Waals surface area (Å²) in [4.78, 5) is 9.83. The van der Waals surface area contributed by atoms with E-state index in [4.69, 9.17) is 0 Å². The van der Waals surface area contributed by atoms with Gasteiger partial charge in [0.15, 0.2) is 5.69 Å². The van der Waals surface area contributed by atoms with Crippen molar-refractivity contribution >= 4 is 11.8 Å². The molecular weight excluding hydrogens is 281 g/mol. The largest absolute Gasteiger partial charge is 0.433 e. The Morgan fingerprint density at radius 1 is 1.24 bits per heavy atom. The lowest BCUT2D eigenvalue weighted by Crippen LogP contribution is -2.28. The molecular formula is C14H21F3N4. The Labute approximate surface area is 122 Å². The highest BCUT2D eigenvalue weighted by molar-refractivity contribution is 5.47. The fourth-order valence-electron chi connectivity index (χ4n) is 2.15. The molecule has 1 aromatic heterocycles. The molecule has 7 heteroatoms. The van der Waals surface area contributed by atoms with Crippen LogP contribution in [0.4, 0.5) is 24.9 Å². The fourth-order valence-corrected chi connectivity index (χ4v) is 2.15. The van der Waals surface area contributed by atoms with Gasteiger partial charge in [-0.05, 0) is 25.7 Å². The standard InChI is InChI=1S/C14H21F3N4/c1-3-7-18-13-19-11(14(15,16)17)9-12(20-13)21(8-4-2)10-5-6-10/h9-10H,3-8H2,1-2H3,(H,18,19,20). The summed E-state index contributed by atoms with van der Waals surface area (Å²) >= 11 is 0. The third kappa shape index (κ3) is 4.22. The number of nitrogens with zero attached hydrogens (tertiary/aromatic N) is 3. The molecule has 0 bridgehead atoms. The van der Waals surface area contributed by atoms with Gasteiger partial charge in [-0.2, -0.15) is 18.2 Å². The molecule has 0 radical (unpaired) electrons. The number of hydrogen-bond acceptors (Lipinski definition) is 4. The summed E-state index contributed by atoms with van der Waals surface area (Å²) in [6, 6.07) is 1.38. The molecule has 1 fully saturated rings. The van der Waals surface area contributed by atoms with Gasteiger partial charge in [-0.1, -0.05) is 13.8 Å². The molecule has 1 aliphatic rings. The summed E-state index contributed by atoms with van der Waals surface area (Å²) in [5.74, 6) is 0.434. The van der Waals surface area contributed by atoms with E-state index < -0.39 is 11.9 Å². The topological polar surface area (TPSA) is 41.1 Å². The predicted octanol–water partition coefficient (Wildman–Crippen LogP) is 3.70. The van der Waals surface area contributed by atoms with Crippen LogP contribution >= 0.6 is 0 Å². The van der Waals surface area contributed by atoms with Crippen molar-refractivity contribution in [2.45, 2.75) is 51.7 Å². The first-order valence-electron chi connectivity index (χ1n) is 7.42. The van der Waals surface area contributed by atoms with Crippen molar-refractivity contribution in [2.75, 3.05) is 23.3 Å². The van der Waals surface area contributed by atoms with Crippen molar-refractivity contribution in [3.63, 3.8) is 0 Å². The molecule has 0 saturated heterocycles. The summed E-state index contributed by atoms with van der Waals surface area (Å²) in [6.07, 6.45) is -0.746. The molecule has 0 unspecified atom stereocenters. The molecule has 1 aromatic rings. The Kier molecular flexibility index (Phi) is 4.90. The Balaban J connectivity index is 2.33. The van der Waals surface area contributed by atoms with Gasteiger partial charge in [0.2, 0.25) is 5.95 Å². The first kappa shape index (κ1) is 15.9. The van der Waals surface area contributed by atoms with Crippen molar-refractivity contribution in [3.8, 4) is 0 Å². The van der Waals surface area contributed by atoms with Crippen LogP contribution in [0.15, 0.2) is 6.07 Å². The maximum Gasteiger partial charge on any atom is 0.433 e. The molecule has 0 spiro atoms. The Morgan fingerprint density at radius 3 is 2.48 bits per heavy atom. The zero-order chi connectivity index (χ0) is 15.5. The second-order valence-corrected chi connectivity index (χ2v) is 5.28. The highest BCUT2D eigenvalue weighted by Crippen LogP contribution is 2.35. The smallest absolute Gasteiger partial charge is 0.354 e. The maximum atomic E-state index is 13.0. The van der Waals surface area contributed by atoms with E-state index >= 15 is 0 Å².